The van der Waals surface area contributed by atoms with Crippen molar-refractivity contribution >= 4 is 19.1 Å². The molecule has 0 spiro atoms. The lowest BCUT2D eigenvalue weighted by atomic mass is 9.86. The Balaban J connectivity index is 1.80. The molecule has 30 heavy (non-hydrogen) atoms. The summed E-state index contributed by atoms with van der Waals surface area (Å²) in [6.07, 6.45) is 4.36. The Morgan fingerprint density at radius 3 is 2.47 bits per heavy atom. The number of nitrogens with zero attached hydrogens (tertiary/aromatic N) is 3. The Morgan fingerprint density at radius 2 is 1.90 bits per heavy atom. The minimum absolute atomic E-state index is 0.507. The average molecular weight is 408 g/mol. The summed E-state index contributed by atoms with van der Waals surface area (Å²) in [5.74, 6) is 1.56. The zero-order chi connectivity index (χ0) is 21.5. The Kier molecular flexibility index (Phi) is 5.34. The number of nitrogens with one attached hydrogen (secondary N) is 1. The first-order chi connectivity index (χ1) is 14.4. The molecule has 3 aromatic rings. The normalized spacial score (nSPS) is 20.4. The van der Waals surface area contributed by atoms with Gasteiger partial charge < -0.3 is 29.1 Å². The van der Waals surface area contributed by atoms with E-state index in [-0.39, 0.29) is 0 Å². The molecule has 1 aliphatic rings. The van der Waals surface area contributed by atoms with Gasteiger partial charge in [0.15, 0.2) is 25.1 Å². The van der Waals surface area contributed by atoms with Crippen molar-refractivity contribution in [1.29, 1.82) is 0 Å². The van der Waals surface area contributed by atoms with E-state index in [1.807, 2.05) is 19.1 Å². The Hall–Kier alpha value is -2.78. The van der Waals surface area contributed by atoms with E-state index in [0.29, 0.717) is 39.7 Å². The van der Waals surface area contributed by atoms with Gasteiger partial charge in [0.05, 0.1) is 39.3 Å². The maximum atomic E-state index is 11.2. The van der Waals surface area contributed by atoms with Crippen molar-refractivity contribution in [1.82, 2.24) is 19.8 Å². The number of ether oxygens (including phenoxy) is 3. The molecule has 1 aromatic carbocycles. The second-order valence-electron chi connectivity index (χ2n) is 7.67. The molecule has 0 saturated carbocycles. The van der Waals surface area contributed by atoms with E-state index in [9.17, 15) is 5.11 Å². The second-order valence-corrected chi connectivity index (χ2v) is 7.67. The van der Waals surface area contributed by atoms with Gasteiger partial charge in [-0.25, -0.2) is 9.97 Å². The molecule has 2 unspecified atom stereocenters. The quantitative estimate of drug-likeness (QED) is 0.606. The maximum absolute atomic E-state index is 11.2. The molecule has 8 nitrogen and oxygen atoms in total. The number of H-pyrrole nitrogens is 1. The van der Waals surface area contributed by atoms with Crippen LogP contribution in [0.5, 0.6) is 17.2 Å². The molecular formula is C21H25BN4O4. The minimum atomic E-state index is -0.803. The van der Waals surface area contributed by atoms with Crippen LogP contribution in [0, 0.1) is 0 Å². The molecule has 0 bridgehead atoms. The lowest BCUT2D eigenvalue weighted by Crippen LogP contribution is -2.44. The van der Waals surface area contributed by atoms with Crippen LogP contribution in [0.4, 0.5) is 0 Å². The number of aliphatic hydroxyl groups is 1. The third kappa shape index (κ3) is 3.18. The number of benzene rings is 1. The van der Waals surface area contributed by atoms with Gasteiger partial charge >= 0.3 is 0 Å². The van der Waals surface area contributed by atoms with Crippen molar-refractivity contribution in [3.05, 3.63) is 30.1 Å². The predicted molar refractivity (Wildman–Crippen MR) is 114 cm³/mol. The van der Waals surface area contributed by atoms with Crippen LogP contribution in [-0.2, 0) is 0 Å². The standard InChI is InChI=1S/C21H25BN4O4/c1-21(6-5-7-26(21)22)19(27)13-10-23-20-17(13)25-14(11-24-20)12-8-15(28-2)18(30-4)16(9-12)29-3/h8-11,19,27H,5-7H2,1-4H3,(H,23,24). The molecule has 1 saturated heterocycles. The lowest BCUT2D eigenvalue weighted by molar-refractivity contribution is 0.0432. The lowest BCUT2D eigenvalue weighted by Gasteiger charge is -2.37. The van der Waals surface area contributed by atoms with E-state index < -0.39 is 11.6 Å². The molecule has 156 valence electrons. The van der Waals surface area contributed by atoms with E-state index in [4.69, 9.17) is 27.2 Å². The monoisotopic (exact) mass is 408 g/mol. The molecule has 4 rings (SSSR count). The topological polar surface area (TPSA) is 92.7 Å². The molecule has 2 N–H and O–H groups in total. The number of aromatic nitrogens is 3. The average Bonchev–Trinajstić information content (AvgIpc) is 3.35. The summed E-state index contributed by atoms with van der Waals surface area (Å²) >= 11 is 0. The molecule has 1 aliphatic heterocycles. The Bertz CT molecular complexity index is 1050. The van der Waals surface area contributed by atoms with Gasteiger partial charge in [0.2, 0.25) is 5.75 Å². The van der Waals surface area contributed by atoms with Crippen LogP contribution in [-0.4, -0.2) is 66.3 Å². The van der Waals surface area contributed by atoms with Gasteiger partial charge in [0.25, 0.3) is 0 Å². The summed E-state index contributed by atoms with van der Waals surface area (Å²) in [6.45, 7) is 2.72. The maximum Gasteiger partial charge on any atom is 0.203 e. The van der Waals surface area contributed by atoms with Crippen LogP contribution in [0.2, 0.25) is 0 Å². The van der Waals surface area contributed by atoms with Crippen molar-refractivity contribution in [3.8, 4) is 28.5 Å². The van der Waals surface area contributed by atoms with E-state index in [0.717, 1.165) is 24.9 Å². The third-order valence-electron chi connectivity index (χ3n) is 5.99. The smallest absolute Gasteiger partial charge is 0.203 e. The number of hydrogen-bond donors (Lipinski definition) is 2. The molecule has 9 heteroatoms. The predicted octanol–water partition coefficient (Wildman–Crippen LogP) is 2.62. The van der Waals surface area contributed by atoms with Crippen LogP contribution >= 0.6 is 0 Å². The van der Waals surface area contributed by atoms with Gasteiger partial charge in [-0.2, -0.15) is 0 Å². The van der Waals surface area contributed by atoms with E-state index in [2.05, 4.69) is 9.97 Å². The summed E-state index contributed by atoms with van der Waals surface area (Å²) in [5.41, 5.74) is 2.70. The zero-order valence-corrected chi connectivity index (χ0v) is 17.6. The highest BCUT2D eigenvalue weighted by molar-refractivity contribution is 6.05. The number of aromatic amines is 1. The molecule has 2 radical (unpaired) electrons. The van der Waals surface area contributed by atoms with Gasteiger partial charge in [-0.3, -0.25) is 0 Å². The summed E-state index contributed by atoms with van der Waals surface area (Å²) in [4.78, 5) is 14.1. The van der Waals surface area contributed by atoms with E-state index in [1.165, 1.54) is 0 Å². The van der Waals surface area contributed by atoms with Crippen molar-refractivity contribution in [2.75, 3.05) is 27.9 Å². The molecule has 0 aliphatic carbocycles. The first kappa shape index (κ1) is 20.5. The van der Waals surface area contributed by atoms with Crippen LogP contribution in [0.1, 0.15) is 31.4 Å². The van der Waals surface area contributed by atoms with Gasteiger partial charge in [-0.1, -0.05) is 0 Å². The van der Waals surface area contributed by atoms with Crippen molar-refractivity contribution in [2.24, 2.45) is 0 Å². The minimum Gasteiger partial charge on any atom is -0.493 e. The SMILES string of the molecule is [B]N1CCCC1(C)C(O)c1c[nH]c2ncc(-c3cc(OC)c(OC)c(OC)c3)nc12. The fraction of sp³-hybridized carbons (Fsp3) is 0.429. The van der Waals surface area contributed by atoms with Crippen molar-refractivity contribution in [3.63, 3.8) is 0 Å². The molecule has 1 fully saturated rings. The number of aliphatic hydroxyl groups excluding tert-OH is 1. The molecule has 2 atom stereocenters. The van der Waals surface area contributed by atoms with Gasteiger partial charge in [0, 0.05) is 22.9 Å². The molecular weight excluding hydrogens is 383 g/mol. The first-order valence-corrected chi connectivity index (χ1v) is 9.77. The van der Waals surface area contributed by atoms with Crippen LogP contribution in [0.15, 0.2) is 24.5 Å². The fourth-order valence-corrected chi connectivity index (χ4v) is 4.12. The molecule has 2 aromatic heterocycles. The first-order valence-electron chi connectivity index (χ1n) is 9.77. The summed E-state index contributed by atoms with van der Waals surface area (Å²) in [6, 6.07) is 3.64. The number of rotatable bonds is 6. The van der Waals surface area contributed by atoms with Gasteiger partial charge in [-0.15, -0.1) is 0 Å². The fourth-order valence-electron chi connectivity index (χ4n) is 4.12. The van der Waals surface area contributed by atoms with Crippen LogP contribution in [0.25, 0.3) is 22.4 Å². The van der Waals surface area contributed by atoms with E-state index in [1.54, 1.807) is 38.5 Å². The summed E-state index contributed by atoms with van der Waals surface area (Å²) < 4.78 is 16.3. The third-order valence-corrected chi connectivity index (χ3v) is 5.99. The summed E-state index contributed by atoms with van der Waals surface area (Å²) in [5, 5.41) is 11.2. The van der Waals surface area contributed by atoms with Crippen LogP contribution < -0.4 is 14.2 Å². The highest BCUT2D eigenvalue weighted by Gasteiger charge is 2.41. The largest absolute Gasteiger partial charge is 0.493 e. The summed E-state index contributed by atoms with van der Waals surface area (Å²) in [7, 11) is 10.9. The van der Waals surface area contributed by atoms with Gasteiger partial charge in [0.1, 0.15) is 5.52 Å². The van der Waals surface area contributed by atoms with Crippen LogP contribution in [0.3, 0.4) is 0 Å². The highest BCUT2D eigenvalue weighted by atomic mass is 16.5. The number of methoxy groups -OCH3 is 3. The number of fused-ring (bicyclic) bond motifs is 1. The second kappa shape index (κ2) is 7.81. The molecule has 3 heterocycles. The number of hydrogen-bond acceptors (Lipinski definition) is 7. The van der Waals surface area contributed by atoms with Crippen molar-refractivity contribution < 1.29 is 19.3 Å². The van der Waals surface area contributed by atoms with E-state index >= 15 is 0 Å². The Morgan fingerprint density at radius 1 is 1.20 bits per heavy atom. The zero-order valence-electron chi connectivity index (χ0n) is 17.6. The Labute approximate surface area is 176 Å². The van der Waals surface area contributed by atoms with Crippen molar-refractivity contribution in [2.45, 2.75) is 31.4 Å². The molecule has 0 amide bonds. The van der Waals surface area contributed by atoms with Gasteiger partial charge in [-0.05, 0) is 38.4 Å². The highest BCUT2D eigenvalue weighted by Crippen LogP contribution is 2.42.